The van der Waals surface area contributed by atoms with E-state index in [2.05, 4.69) is 25.1 Å². The van der Waals surface area contributed by atoms with Gasteiger partial charge in [-0.1, -0.05) is 19.8 Å². The van der Waals surface area contributed by atoms with E-state index in [-0.39, 0.29) is 6.04 Å². The van der Waals surface area contributed by atoms with Crippen molar-refractivity contribution < 1.29 is 4.74 Å². The average molecular weight is 183 g/mol. The number of hydrogen-bond donors (Lipinski definition) is 1. The maximum atomic E-state index is 5.41. The Morgan fingerprint density at radius 1 is 1.31 bits per heavy atom. The van der Waals surface area contributed by atoms with Crippen LogP contribution in [0.3, 0.4) is 0 Å². The smallest absolute Gasteiger partial charge is 0.0659 e. The molecule has 0 saturated heterocycles. The lowest BCUT2D eigenvalue weighted by Gasteiger charge is -2.08. The predicted octanol–water partition coefficient (Wildman–Crippen LogP) is 1.66. The van der Waals surface area contributed by atoms with Gasteiger partial charge in [0, 0.05) is 13.2 Å². The minimum atomic E-state index is 0.147. The van der Waals surface area contributed by atoms with Gasteiger partial charge in [-0.3, -0.25) is 0 Å². The van der Waals surface area contributed by atoms with Crippen molar-refractivity contribution in [3.63, 3.8) is 0 Å². The van der Waals surface area contributed by atoms with E-state index in [4.69, 9.17) is 11.2 Å². The number of hydrogen-bond acceptors (Lipinski definition) is 2. The first-order chi connectivity index (χ1) is 6.16. The minimum absolute atomic E-state index is 0.147. The second kappa shape index (κ2) is 8.10. The first-order valence-corrected chi connectivity index (χ1v) is 4.94. The highest BCUT2D eigenvalue weighted by Gasteiger charge is 1.95. The van der Waals surface area contributed by atoms with Crippen molar-refractivity contribution in [2.24, 2.45) is 5.92 Å². The monoisotopic (exact) mass is 183 g/mol. The minimum Gasteiger partial charge on any atom is -0.380 e. The predicted molar refractivity (Wildman–Crippen MR) is 56.6 cm³/mol. The molecule has 0 aliphatic rings. The maximum absolute atomic E-state index is 5.41. The van der Waals surface area contributed by atoms with Gasteiger partial charge in [0.15, 0.2) is 0 Å². The fraction of sp³-hybridized carbons (Fsp3) is 0.818. The zero-order valence-corrected chi connectivity index (χ0v) is 8.97. The highest BCUT2D eigenvalue weighted by atomic mass is 16.5. The van der Waals surface area contributed by atoms with Crippen molar-refractivity contribution in [3.8, 4) is 12.3 Å². The van der Waals surface area contributed by atoms with E-state index in [1.807, 2.05) is 6.92 Å². The van der Waals surface area contributed by atoms with Gasteiger partial charge in [-0.25, -0.2) is 0 Å². The van der Waals surface area contributed by atoms with Gasteiger partial charge in [0.2, 0.25) is 0 Å². The topological polar surface area (TPSA) is 21.3 Å². The van der Waals surface area contributed by atoms with Crippen molar-refractivity contribution in [1.29, 1.82) is 0 Å². The fourth-order valence-electron chi connectivity index (χ4n) is 0.828. The summed E-state index contributed by atoms with van der Waals surface area (Å²) in [5.41, 5.74) is 0. The van der Waals surface area contributed by atoms with E-state index in [1.54, 1.807) is 0 Å². The molecule has 0 spiro atoms. The molecule has 13 heavy (non-hydrogen) atoms. The number of ether oxygens (including phenoxy) is 1. The molecule has 0 bridgehead atoms. The lowest BCUT2D eigenvalue weighted by atomic mass is 10.1. The highest BCUT2D eigenvalue weighted by Crippen LogP contribution is 1.98. The zero-order valence-electron chi connectivity index (χ0n) is 8.97. The van der Waals surface area contributed by atoms with Crippen LogP contribution >= 0.6 is 0 Å². The Kier molecular flexibility index (Phi) is 7.77. The summed E-state index contributed by atoms with van der Waals surface area (Å²) in [6, 6.07) is 0.147. The van der Waals surface area contributed by atoms with Crippen LogP contribution in [-0.4, -0.2) is 25.8 Å². The Morgan fingerprint density at radius 3 is 2.54 bits per heavy atom. The number of nitrogens with one attached hydrogen (secondary N) is 1. The maximum Gasteiger partial charge on any atom is 0.0659 e. The molecule has 0 radical (unpaired) electrons. The van der Waals surface area contributed by atoms with E-state index >= 15 is 0 Å². The van der Waals surface area contributed by atoms with Crippen molar-refractivity contribution >= 4 is 0 Å². The van der Waals surface area contributed by atoms with E-state index in [0.29, 0.717) is 0 Å². The second-order valence-electron chi connectivity index (χ2n) is 3.64. The van der Waals surface area contributed by atoms with Crippen LogP contribution in [0, 0.1) is 18.3 Å². The summed E-state index contributed by atoms with van der Waals surface area (Å²) in [6.07, 6.45) is 6.33. The number of terminal acetylenes is 1. The van der Waals surface area contributed by atoms with E-state index in [1.165, 1.54) is 0 Å². The van der Waals surface area contributed by atoms with Gasteiger partial charge in [-0.05, 0) is 19.3 Å². The Labute approximate surface area is 82.1 Å². The summed E-state index contributed by atoms with van der Waals surface area (Å²) >= 11 is 0. The van der Waals surface area contributed by atoms with Crippen molar-refractivity contribution in [2.75, 3.05) is 19.8 Å². The average Bonchev–Trinajstić information content (AvgIpc) is 2.10. The molecule has 0 aromatic heterocycles. The van der Waals surface area contributed by atoms with Crippen molar-refractivity contribution in [1.82, 2.24) is 5.32 Å². The molecule has 0 aliphatic heterocycles. The van der Waals surface area contributed by atoms with Crippen LogP contribution in [-0.2, 0) is 4.74 Å². The fourth-order valence-corrected chi connectivity index (χ4v) is 0.828. The summed E-state index contributed by atoms with van der Waals surface area (Å²) in [4.78, 5) is 0. The third-order valence-corrected chi connectivity index (χ3v) is 1.79. The van der Waals surface area contributed by atoms with Gasteiger partial charge >= 0.3 is 0 Å². The van der Waals surface area contributed by atoms with E-state index in [9.17, 15) is 0 Å². The van der Waals surface area contributed by atoms with Crippen LogP contribution in [0.25, 0.3) is 0 Å². The largest absolute Gasteiger partial charge is 0.380 e. The first-order valence-electron chi connectivity index (χ1n) is 4.94. The van der Waals surface area contributed by atoms with E-state index < -0.39 is 0 Å². The van der Waals surface area contributed by atoms with Crippen LogP contribution < -0.4 is 5.32 Å². The summed E-state index contributed by atoms with van der Waals surface area (Å²) in [5, 5.41) is 3.16. The Bertz CT molecular complexity index is 149. The van der Waals surface area contributed by atoms with Crippen LogP contribution in [0.4, 0.5) is 0 Å². The van der Waals surface area contributed by atoms with Crippen molar-refractivity contribution in [2.45, 2.75) is 33.2 Å². The molecule has 0 heterocycles. The molecule has 1 N–H and O–H groups in total. The van der Waals surface area contributed by atoms with Crippen LogP contribution in [0.2, 0.25) is 0 Å². The molecule has 1 atom stereocenters. The third kappa shape index (κ3) is 9.39. The molecule has 76 valence electrons. The molecule has 0 aliphatic carbocycles. The van der Waals surface area contributed by atoms with E-state index in [0.717, 1.165) is 32.1 Å². The summed E-state index contributed by atoms with van der Waals surface area (Å²) in [6.45, 7) is 8.80. The first kappa shape index (κ1) is 12.5. The molecule has 0 amide bonds. The van der Waals surface area contributed by atoms with Gasteiger partial charge in [-0.2, -0.15) is 0 Å². The van der Waals surface area contributed by atoms with Gasteiger partial charge in [0.1, 0.15) is 0 Å². The van der Waals surface area contributed by atoms with Crippen LogP contribution in [0.5, 0.6) is 0 Å². The molecule has 2 heteroatoms. The molecular formula is C11H21NO. The van der Waals surface area contributed by atoms with Gasteiger partial charge in [0.05, 0.1) is 12.6 Å². The standard InChI is InChI=1S/C11H21NO/c1-5-11(4)12-7-9-13-8-6-10(2)3/h1,10-12H,6-9H2,2-4H3. The molecule has 1 unspecified atom stereocenters. The molecule has 2 nitrogen and oxygen atoms in total. The lowest BCUT2D eigenvalue weighted by Crippen LogP contribution is -2.28. The molecular weight excluding hydrogens is 162 g/mol. The molecule has 0 saturated carbocycles. The summed E-state index contributed by atoms with van der Waals surface area (Å²) in [5.74, 6) is 3.33. The Hall–Kier alpha value is -0.520. The normalized spacial score (nSPS) is 12.8. The Balaban J connectivity index is 3.05. The molecule has 0 rings (SSSR count). The SMILES string of the molecule is C#CC(C)NCCOCCC(C)C. The van der Waals surface area contributed by atoms with Crippen LogP contribution in [0.15, 0.2) is 0 Å². The molecule has 0 aromatic carbocycles. The molecule has 0 aromatic rings. The zero-order chi connectivity index (χ0) is 10.1. The number of rotatable bonds is 7. The van der Waals surface area contributed by atoms with Gasteiger partial charge in [-0.15, -0.1) is 6.42 Å². The molecule has 0 fully saturated rings. The van der Waals surface area contributed by atoms with Gasteiger partial charge in [0.25, 0.3) is 0 Å². The second-order valence-corrected chi connectivity index (χ2v) is 3.64. The lowest BCUT2D eigenvalue weighted by molar-refractivity contribution is 0.125. The highest BCUT2D eigenvalue weighted by molar-refractivity contribution is 4.95. The summed E-state index contributed by atoms with van der Waals surface area (Å²) < 4.78 is 5.41. The van der Waals surface area contributed by atoms with Crippen LogP contribution in [0.1, 0.15) is 27.2 Å². The Morgan fingerprint density at radius 2 is 2.00 bits per heavy atom. The summed E-state index contributed by atoms with van der Waals surface area (Å²) in [7, 11) is 0. The van der Waals surface area contributed by atoms with Crippen molar-refractivity contribution in [3.05, 3.63) is 0 Å². The van der Waals surface area contributed by atoms with Gasteiger partial charge < -0.3 is 10.1 Å². The third-order valence-electron chi connectivity index (χ3n) is 1.79. The quantitative estimate of drug-likeness (QED) is 0.479.